The third-order valence-electron chi connectivity index (χ3n) is 4.64. The number of methoxy groups -OCH3 is 1. The van der Waals surface area contributed by atoms with Crippen LogP contribution < -0.4 is 14.8 Å². The van der Waals surface area contributed by atoms with Crippen molar-refractivity contribution in [3.05, 3.63) is 87.9 Å². The molecule has 5 nitrogen and oxygen atoms in total. The fraction of sp³-hybridized carbons (Fsp3) is 0.182. The van der Waals surface area contributed by atoms with Crippen molar-refractivity contribution in [1.29, 1.82) is 0 Å². The first-order valence-corrected chi connectivity index (χ1v) is 11.7. The minimum Gasteiger partial charge on any atom is -0.497 e. The molecule has 0 spiro atoms. The molecular formula is C22H20BrF3N2O3S. The molecule has 3 aromatic carbocycles. The molecule has 0 aliphatic heterocycles. The van der Waals surface area contributed by atoms with Crippen molar-refractivity contribution < 1.29 is 26.3 Å². The van der Waals surface area contributed by atoms with Gasteiger partial charge in [-0.05, 0) is 69.5 Å². The second-order valence-corrected chi connectivity index (χ2v) is 9.48. The molecule has 0 saturated heterocycles. The van der Waals surface area contributed by atoms with Crippen LogP contribution in [0.15, 0.2) is 76.1 Å². The number of rotatable bonds is 8. The molecule has 32 heavy (non-hydrogen) atoms. The van der Waals surface area contributed by atoms with E-state index in [2.05, 4.69) is 26.0 Å². The van der Waals surface area contributed by atoms with E-state index in [4.69, 9.17) is 4.74 Å². The van der Waals surface area contributed by atoms with E-state index in [9.17, 15) is 21.6 Å². The van der Waals surface area contributed by atoms with Crippen LogP contribution in [-0.4, -0.2) is 15.5 Å². The molecule has 0 amide bonds. The fourth-order valence-corrected chi connectivity index (χ4v) is 4.53. The number of benzene rings is 3. The van der Waals surface area contributed by atoms with Crippen molar-refractivity contribution in [2.75, 3.05) is 12.4 Å². The monoisotopic (exact) mass is 528 g/mol. The third kappa shape index (κ3) is 6.24. The quantitative estimate of drug-likeness (QED) is 0.401. The number of anilines is 1. The number of hydrogen-bond acceptors (Lipinski definition) is 4. The summed E-state index contributed by atoms with van der Waals surface area (Å²) in [6.45, 7) is 0.399. The summed E-state index contributed by atoms with van der Waals surface area (Å²) in [4.78, 5) is 0.0815. The van der Waals surface area contributed by atoms with Gasteiger partial charge in [0, 0.05) is 23.2 Å². The van der Waals surface area contributed by atoms with Crippen LogP contribution in [0.4, 0.5) is 18.9 Å². The van der Waals surface area contributed by atoms with Crippen LogP contribution in [0.1, 0.15) is 16.7 Å². The molecule has 2 N–H and O–H groups in total. The zero-order valence-electron chi connectivity index (χ0n) is 16.9. The summed E-state index contributed by atoms with van der Waals surface area (Å²) in [5.41, 5.74) is 1.34. The van der Waals surface area contributed by atoms with Gasteiger partial charge in [0.2, 0.25) is 10.0 Å². The molecule has 10 heteroatoms. The van der Waals surface area contributed by atoms with Gasteiger partial charge in [0.05, 0.1) is 17.6 Å². The SMILES string of the molecule is COc1ccc(CNS(=O)(=O)c2ccc(NCc3ccc(C(F)(F)F)cc3)c(Br)c2)cc1. The molecule has 0 aliphatic carbocycles. The van der Waals surface area contributed by atoms with Gasteiger partial charge in [-0.15, -0.1) is 0 Å². The highest BCUT2D eigenvalue weighted by molar-refractivity contribution is 9.10. The summed E-state index contributed by atoms with van der Waals surface area (Å²) in [5.74, 6) is 0.680. The molecule has 170 valence electrons. The minimum atomic E-state index is -4.38. The molecule has 0 heterocycles. The Hall–Kier alpha value is -2.56. The molecule has 0 aliphatic rings. The van der Waals surface area contributed by atoms with Crippen molar-refractivity contribution in [1.82, 2.24) is 4.72 Å². The van der Waals surface area contributed by atoms with Gasteiger partial charge in [-0.2, -0.15) is 13.2 Å². The summed E-state index contributed by atoms with van der Waals surface area (Å²) in [7, 11) is -2.19. The Morgan fingerprint density at radius 2 is 1.50 bits per heavy atom. The topological polar surface area (TPSA) is 67.4 Å². The smallest absolute Gasteiger partial charge is 0.416 e. The van der Waals surface area contributed by atoms with Gasteiger partial charge in [0.1, 0.15) is 5.75 Å². The zero-order valence-corrected chi connectivity index (χ0v) is 19.3. The van der Waals surface area contributed by atoms with Gasteiger partial charge in [0.15, 0.2) is 0 Å². The predicted octanol–water partition coefficient (Wildman–Crippen LogP) is 5.57. The van der Waals surface area contributed by atoms with Crippen molar-refractivity contribution >= 4 is 31.6 Å². The van der Waals surface area contributed by atoms with Crippen LogP contribution in [-0.2, 0) is 29.3 Å². The number of sulfonamides is 1. The lowest BCUT2D eigenvalue weighted by Crippen LogP contribution is -2.23. The lowest BCUT2D eigenvalue weighted by molar-refractivity contribution is -0.137. The van der Waals surface area contributed by atoms with Crippen LogP contribution in [0.3, 0.4) is 0 Å². The largest absolute Gasteiger partial charge is 0.497 e. The highest BCUT2D eigenvalue weighted by Gasteiger charge is 2.29. The van der Waals surface area contributed by atoms with E-state index < -0.39 is 21.8 Å². The number of nitrogens with one attached hydrogen (secondary N) is 2. The Labute approximate surface area is 192 Å². The Morgan fingerprint density at radius 3 is 2.06 bits per heavy atom. The lowest BCUT2D eigenvalue weighted by atomic mass is 10.1. The van der Waals surface area contributed by atoms with Gasteiger partial charge in [-0.25, -0.2) is 13.1 Å². The number of alkyl halides is 3. The molecule has 0 aromatic heterocycles. The van der Waals surface area contributed by atoms with Crippen LogP contribution in [0, 0.1) is 0 Å². The number of halogens is 4. The van der Waals surface area contributed by atoms with E-state index in [0.717, 1.165) is 17.7 Å². The Morgan fingerprint density at radius 1 is 0.906 bits per heavy atom. The van der Waals surface area contributed by atoms with E-state index in [1.807, 2.05) is 0 Å². The Bertz CT molecular complexity index is 1170. The first kappa shape index (κ1) is 24.1. The van der Waals surface area contributed by atoms with Crippen molar-refractivity contribution in [2.45, 2.75) is 24.2 Å². The van der Waals surface area contributed by atoms with Gasteiger partial charge in [-0.1, -0.05) is 24.3 Å². The first-order valence-electron chi connectivity index (χ1n) is 9.40. The molecule has 0 fully saturated rings. The van der Waals surface area contributed by atoms with Crippen LogP contribution >= 0.6 is 15.9 Å². The Kier molecular flexibility index (Phi) is 7.47. The van der Waals surface area contributed by atoms with Gasteiger partial charge >= 0.3 is 6.18 Å². The molecule has 3 rings (SSSR count). The molecule has 0 saturated carbocycles. The summed E-state index contributed by atoms with van der Waals surface area (Å²) < 4.78 is 71.3. The van der Waals surface area contributed by atoms with Crippen LogP contribution in [0.2, 0.25) is 0 Å². The zero-order chi connectivity index (χ0) is 23.4. The molecule has 0 unspecified atom stereocenters. The van der Waals surface area contributed by atoms with Crippen LogP contribution in [0.5, 0.6) is 5.75 Å². The summed E-state index contributed by atoms with van der Waals surface area (Å²) in [6, 6.07) is 16.4. The maximum atomic E-state index is 12.7. The molecule has 0 atom stereocenters. The number of ether oxygens (including phenoxy) is 1. The highest BCUT2D eigenvalue weighted by Crippen LogP contribution is 2.30. The van der Waals surface area contributed by atoms with Crippen LogP contribution in [0.25, 0.3) is 0 Å². The molecule has 0 radical (unpaired) electrons. The lowest BCUT2D eigenvalue weighted by Gasteiger charge is -2.12. The first-order chi connectivity index (χ1) is 15.1. The van der Waals surface area contributed by atoms with Gasteiger partial charge < -0.3 is 10.1 Å². The molecular weight excluding hydrogens is 509 g/mol. The van der Waals surface area contributed by atoms with E-state index in [-0.39, 0.29) is 18.0 Å². The highest BCUT2D eigenvalue weighted by atomic mass is 79.9. The predicted molar refractivity (Wildman–Crippen MR) is 120 cm³/mol. The van der Waals surface area contributed by atoms with E-state index in [0.29, 0.717) is 21.5 Å². The second kappa shape index (κ2) is 9.93. The summed E-state index contributed by atoms with van der Waals surface area (Å²) in [6.07, 6.45) is -4.38. The van der Waals surface area contributed by atoms with Crippen molar-refractivity contribution in [3.8, 4) is 5.75 Å². The fourth-order valence-electron chi connectivity index (χ4n) is 2.82. The molecule has 0 bridgehead atoms. The van der Waals surface area contributed by atoms with Gasteiger partial charge in [-0.3, -0.25) is 0 Å². The minimum absolute atomic E-state index is 0.0815. The summed E-state index contributed by atoms with van der Waals surface area (Å²) in [5, 5.41) is 3.08. The second-order valence-electron chi connectivity index (χ2n) is 6.86. The average Bonchev–Trinajstić information content (AvgIpc) is 2.77. The average molecular weight is 529 g/mol. The standard InChI is InChI=1S/C22H20BrF3N2O3S/c1-31-18-8-4-16(5-9-18)14-28-32(29,30)19-10-11-21(20(23)12-19)27-13-15-2-6-17(7-3-15)22(24,25)26/h2-12,27-28H,13-14H2,1H3. The van der Waals surface area contributed by atoms with Crippen molar-refractivity contribution in [3.63, 3.8) is 0 Å². The third-order valence-corrected chi connectivity index (χ3v) is 6.70. The molecule has 3 aromatic rings. The van der Waals surface area contributed by atoms with Crippen molar-refractivity contribution in [2.24, 2.45) is 0 Å². The van der Waals surface area contributed by atoms with E-state index >= 15 is 0 Å². The Balaban J connectivity index is 1.63. The maximum absolute atomic E-state index is 12.7. The normalized spacial score (nSPS) is 11.9. The number of hydrogen-bond donors (Lipinski definition) is 2. The maximum Gasteiger partial charge on any atom is 0.416 e. The van der Waals surface area contributed by atoms with E-state index in [1.54, 1.807) is 37.4 Å². The van der Waals surface area contributed by atoms with Gasteiger partial charge in [0.25, 0.3) is 0 Å². The summed E-state index contributed by atoms with van der Waals surface area (Å²) >= 11 is 3.35. The van der Waals surface area contributed by atoms with E-state index in [1.165, 1.54) is 24.3 Å².